The quantitative estimate of drug-likeness (QED) is 0.343. The second-order valence-corrected chi connectivity index (χ2v) is 7.71. The second kappa shape index (κ2) is 9.04. The van der Waals surface area contributed by atoms with Gasteiger partial charge in [-0.3, -0.25) is 0 Å². The summed E-state index contributed by atoms with van der Waals surface area (Å²) in [6.45, 7) is 4.72. The molecule has 0 aromatic heterocycles. The standard InChI is InChI=1S/C24H29NO2/c1-3-5-8-17(4-2)16-27-24(26)23(15-25)20-12-11-19-13-18-9-6-7-10-21(18)22(19)14-20/h6-7,9-10,13,17,22H,3-5,8,11-12,14,16H2,1-2H3/b23-20-. The van der Waals surface area contributed by atoms with Crippen LogP contribution in [0, 0.1) is 17.2 Å². The van der Waals surface area contributed by atoms with E-state index in [0.29, 0.717) is 18.4 Å². The SMILES string of the molecule is CCCCC(CC)COC(=O)/C(C#N)=C1/CCC2=Cc3ccccc3C2C1. The van der Waals surface area contributed by atoms with Crippen LogP contribution in [-0.4, -0.2) is 12.6 Å². The molecule has 3 heteroatoms. The van der Waals surface area contributed by atoms with Crippen LogP contribution in [0.1, 0.15) is 75.8 Å². The van der Waals surface area contributed by atoms with Gasteiger partial charge in [0.05, 0.1) is 6.61 Å². The first-order chi connectivity index (χ1) is 13.2. The Labute approximate surface area is 162 Å². The fraction of sp³-hybridized carbons (Fsp3) is 0.500. The van der Waals surface area contributed by atoms with Gasteiger partial charge < -0.3 is 4.74 Å². The lowest BCUT2D eigenvalue weighted by molar-refractivity contribution is -0.140. The molecule has 1 saturated carbocycles. The minimum Gasteiger partial charge on any atom is -0.461 e. The number of esters is 1. The van der Waals surface area contributed by atoms with Crippen LogP contribution >= 0.6 is 0 Å². The number of unbranched alkanes of at least 4 members (excludes halogenated alkanes) is 1. The van der Waals surface area contributed by atoms with E-state index >= 15 is 0 Å². The van der Waals surface area contributed by atoms with E-state index in [1.54, 1.807) is 0 Å². The molecule has 0 N–H and O–H groups in total. The minimum atomic E-state index is -0.429. The maximum Gasteiger partial charge on any atom is 0.348 e. The van der Waals surface area contributed by atoms with E-state index < -0.39 is 5.97 Å². The molecule has 0 heterocycles. The molecule has 1 aromatic rings. The summed E-state index contributed by atoms with van der Waals surface area (Å²) in [5, 5.41) is 9.62. The Morgan fingerprint density at radius 3 is 2.85 bits per heavy atom. The summed E-state index contributed by atoms with van der Waals surface area (Å²) in [4.78, 5) is 12.6. The molecule has 27 heavy (non-hydrogen) atoms. The van der Waals surface area contributed by atoms with Gasteiger partial charge in [-0.05, 0) is 48.3 Å². The molecule has 0 saturated heterocycles. The van der Waals surface area contributed by atoms with Crippen molar-refractivity contribution in [3.63, 3.8) is 0 Å². The van der Waals surface area contributed by atoms with Gasteiger partial charge in [0.25, 0.3) is 0 Å². The molecule has 3 nitrogen and oxygen atoms in total. The highest BCUT2D eigenvalue weighted by molar-refractivity contribution is 5.94. The highest BCUT2D eigenvalue weighted by Crippen LogP contribution is 2.47. The van der Waals surface area contributed by atoms with Crippen molar-refractivity contribution in [3.8, 4) is 6.07 Å². The maximum absolute atomic E-state index is 12.6. The summed E-state index contributed by atoms with van der Waals surface area (Å²) in [6, 6.07) is 10.6. The van der Waals surface area contributed by atoms with E-state index in [4.69, 9.17) is 4.74 Å². The average molecular weight is 364 g/mol. The van der Waals surface area contributed by atoms with Crippen molar-refractivity contribution >= 4 is 12.0 Å². The van der Waals surface area contributed by atoms with Gasteiger partial charge in [-0.2, -0.15) is 5.26 Å². The summed E-state index contributed by atoms with van der Waals surface area (Å²) in [7, 11) is 0. The van der Waals surface area contributed by atoms with Crippen molar-refractivity contribution in [2.45, 2.75) is 64.7 Å². The lowest BCUT2D eigenvalue weighted by atomic mass is 9.79. The Balaban J connectivity index is 1.70. The third kappa shape index (κ3) is 4.33. The molecule has 2 atom stereocenters. The van der Waals surface area contributed by atoms with Gasteiger partial charge in [-0.15, -0.1) is 0 Å². The molecule has 0 radical (unpaired) electrons. The summed E-state index contributed by atoms with van der Waals surface area (Å²) >= 11 is 0. The van der Waals surface area contributed by atoms with Gasteiger partial charge in [0.1, 0.15) is 11.6 Å². The molecule has 2 unspecified atom stereocenters. The van der Waals surface area contributed by atoms with Crippen molar-refractivity contribution in [1.29, 1.82) is 5.26 Å². The highest BCUT2D eigenvalue weighted by Gasteiger charge is 2.31. The molecule has 2 aliphatic rings. The van der Waals surface area contributed by atoms with Crippen LogP contribution < -0.4 is 0 Å². The maximum atomic E-state index is 12.6. The minimum absolute atomic E-state index is 0.240. The lowest BCUT2D eigenvalue weighted by Crippen LogP contribution is -2.18. The van der Waals surface area contributed by atoms with Crippen molar-refractivity contribution in [3.05, 3.63) is 52.1 Å². The Hall–Kier alpha value is -2.34. The number of hydrogen-bond donors (Lipinski definition) is 0. The number of carbonyl (C=O) groups is 1. The zero-order chi connectivity index (χ0) is 19.2. The molecule has 0 bridgehead atoms. The number of nitriles is 1. The Morgan fingerprint density at radius 1 is 1.30 bits per heavy atom. The van der Waals surface area contributed by atoms with Gasteiger partial charge in [0, 0.05) is 5.92 Å². The van der Waals surface area contributed by atoms with Gasteiger partial charge in [0.2, 0.25) is 0 Å². The summed E-state index contributed by atoms with van der Waals surface area (Å²) in [5.41, 5.74) is 5.23. The van der Waals surface area contributed by atoms with E-state index in [1.807, 2.05) is 0 Å². The third-order valence-corrected chi connectivity index (χ3v) is 5.99. The van der Waals surface area contributed by atoms with E-state index in [1.165, 1.54) is 16.7 Å². The molecule has 0 spiro atoms. The first-order valence-corrected chi connectivity index (χ1v) is 10.3. The predicted molar refractivity (Wildman–Crippen MR) is 108 cm³/mol. The van der Waals surface area contributed by atoms with Gasteiger partial charge in [-0.25, -0.2) is 4.79 Å². The van der Waals surface area contributed by atoms with E-state index in [9.17, 15) is 10.1 Å². The number of nitrogens with zero attached hydrogens (tertiary/aromatic N) is 1. The first-order valence-electron chi connectivity index (χ1n) is 10.3. The Bertz CT molecular complexity index is 797. The normalized spacial score (nSPS) is 20.8. The van der Waals surface area contributed by atoms with Crippen LogP contribution in [-0.2, 0) is 9.53 Å². The van der Waals surface area contributed by atoms with Crippen molar-refractivity contribution in [2.24, 2.45) is 5.92 Å². The topological polar surface area (TPSA) is 50.1 Å². The molecule has 1 aromatic carbocycles. The molecular formula is C24H29NO2. The first kappa shape index (κ1) is 19.4. The third-order valence-electron chi connectivity index (χ3n) is 5.99. The van der Waals surface area contributed by atoms with E-state index in [0.717, 1.165) is 50.5 Å². The van der Waals surface area contributed by atoms with Crippen molar-refractivity contribution < 1.29 is 9.53 Å². The number of hydrogen-bond acceptors (Lipinski definition) is 3. The van der Waals surface area contributed by atoms with Crippen LogP contribution in [0.2, 0.25) is 0 Å². The van der Waals surface area contributed by atoms with Gasteiger partial charge >= 0.3 is 5.97 Å². The Kier molecular flexibility index (Phi) is 6.50. The zero-order valence-electron chi connectivity index (χ0n) is 16.5. The van der Waals surface area contributed by atoms with Crippen LogP contribution in [0.5, 0.6) is 0 Å². The fourth-order valence-corrected chi connectivity index (χ4v) is 4.25. The second-order valence-electron chi connectivity index (χ2n) is 7.71. The number of carbonyl (C=O) groups excluding carboxylic acids is 1. The fourth-order valence-electron chi connectivity index (χ4n) is 4.25. The predicted octanol–water partition coefficient (Wildman–Crippen LogP) is 5.93. The van der Waals surface area contributed by atoms with Crippen LogP contribution in [0.25, 0.3) is 6.08 Å². The monoisotopic (exact) mass is 363 g/mol. The molecular weight excluding hydrogens is 334 g/mol. The average Bonchev–Trinajstić information content (AvgIpc) is 3.07. The number of benzene rings is 1. The molecule has 2 aliphatic carbocycles. The smallest absolute Gasteiger partial charge is 0.348 e. The van der Waals surface area contributed by atoms with E-state index in [-0.39, 0.29) is 5.57 Å². The lowest BCUT2D eigenvalue weighted by Gasteiger charge is -2.25. The molecule has 3 rings (SSSR count). The molecule has 0 amide bonds. The van der Waals surface area contributed by atoms with Crippen LogP contribution in [0.15, 0.2) is 41.0 Å². The number of ether oxygens (including phenoxy) is 1. The highest BCUT2D eigenvalue weighted by atomic mass is 16.5. The summed E-state index contributed by atoms with van der Waals surface area (Å²) in [5.74, 6) is 0.275. The number of fused-ring (bicyclic) bond motifs is 3. The van der Waals surface area contributed by atoms with E-state index in [2.05, 4.69) is 50.3 Å². The molecule has 1 fully saturated rings. The number of rotatable bonds is 7. The van der Waals surface area contributed by atoms with Crippen molar-refractivity contribution in [1.82, 2.24) is 0 Å². The molecule has 0 aliphatic heterocycles. The van der Waals surface area contributed by atoms with Crippen LogP contribution in [0.3, 0.4) is 0 Å². The Morgan fingerprint density at radius 2 is 2.11 bits per heavy atom. The molecule has 142 valence electrons. The summed E-state index contributed by atoms with van der Waals surface area (Å²) in [6.07, 6.45) is 9.11. The van der Waals surface area contributed by atoms with Gasteiger partial charge in [-0.1, -0.05) is 69.0 Å². The largest absolute Gasteiger partial charge is 0.461 e. The number of allylic oxidation sites excluding steroid dienone is 2. The summed E-state index contributed by atoms with van der Waals surface area (Å²) < 4.78 is 5.55. The van der Waals surface area contributed by atoms with Crippen LogP contribution in [0.4, 0.5) is 0 Å². The van der Waals surface area contributed by atoms with Gasteiger partial charge in [0.15, 0.2) is 0 Å². The van der Waals surface area contributed by atoms with Crippen molar-refractivity contribution in [2.75, 3.05) is 6.61 Å². The zero-order valence-corrected chi connectivity index (χ0v) is 16.5.